The minimum atomic E-state index is -0.105. The number of amides is 1. The van der Waals surface area contributed by atoms with E-state index in [1.165, 1.54) is 31.3 Å². The minimum Gasteiger partial charge on any atom is -0.692 e. The van der Waals surface area contributed by atoms with Gasteiger partial charge in [0, 0.05) is 13.0 Å². The van der Waals surface area contributed by atoms with Gasteiger partial charge in [0.2, 0.25) is 5.91 Å². The van der Waals surface area contributed by atoms with Crippen LogP contribution in [0.3, 0.4) is 0 Å². The zero-order chi connectivity index (χ0) is 31.4. The summed E-state index contributed by atoms with van der Waals surface area (Å²) in [6.45, 7) is 11.7. The molecule has 0 aromatic carbocycles. The van der Waals surface area contributed by atoms with Gasteiger partial charge in [0.25, 0.3) is 0 Å². The van der Waals surface area contributed by atoms with Crippen molar-refractivity contribution in [1.82, 2.24) is 5.32 Å². The van der Waals surface area contributed by atoms with Crippen molar-refractivity contribution >= 4 is 5.91 Å². The lowest BCUT2D eigenvalue weighted by Gasteiger charge is -2.58. The summed E-state index contributed by atoms with van der Waals surface area (Å²) in [5, 5.41) is 17.4. The summed E-state index contributed by atoms with van der Waals surface area (Å²) in [4.78, 5) is 17.6. The first-order chi connectivity index (χ1) is 21.3. The van der Waals surface area contributed by atoms with Gasteiger partial charge in [0.05, 0.1) is 52.4 Å². The van der Waals surface area contributed by atoms with Gasteiger partial charge in [-0.3, -0.25) is 9.83 Å². The molecule has 4 rings (SSSR count). The molecule has 0 heterocycles. The second kappa shape index (κ2) is 17.4. The molecule has 8 unspecified atom stereocenters. The fourth-order valence-electron chi connectivity index (χ4n) is 9.44. The van der Waals surface area contributed by atoms with Crippen LogP contribution in [-0.4, -0.2) is 71.4 Å². The molecule has 0 aliphatic heterocycles. The Balaban J connectivity index is 1.10. The van der Waals surface area contributed by atoms with Crippen LogP contribution in [0.4, 0.5) is 0 Å². The Kier molecular flexibility index (Phi) is 14.0. The monoisotopic (exact) mass is 618 g/mol. The lowest BCUT2D eigenvalue weighted by Crippen LogP contribution is -2.51. The van der Waals surface area contributed by atoms with E-state index in [1.54, 1.807) is 0 Å². The molecule has 4 aliphatic rings. The number of hydrogen-bond acceptors (Lipinski definition) is 8. The zero-order valence-electron chi connectivity index (χ0n) is 27.3. The van der Waals surface area contributed by atoms with Crippen molar-refractivity contribution in [1.29, 1.82) is 0 Å². The van der Waals surface area contributed by atoms with Gasteiger partial charge in [0.15, 0.2) is 0 Å². The van der Waals surface area contributed by atoms with Gasteiger partial charge in [-0.1, -0.05) is 38.3 Å². The van der Waals surface area contributed by atoms with Gasteiger partial charge in [-0.25, -0.2) is 4.89 Å². The molecule has 250 valence electrons. The topological polar surface area (TPSA) is 108 Å². The van der Waals surface area contributed by atoms with Crippen molar-refractivity contribution in [3.05, 3.63) is 11.6 Å². The quantitative estimate of drug-likeness (QED) is 0.0747. The maximum atomic E-state index is 12.6. The molecule has 0 radical (unpaired) electrons. The number of rotatable bonds is 19. The van der Waals surface area contributed by atoms with E-state index in [-0.39, 0.29) is 17.4 Å². The van der Waals surface area contributed by atoms with Crippen LogP contribution in [-0.2, 0) is 33.7 Å². The molecule has 3 fully saturated rings. The molecule has 0 bridgehead atoms. The number of ether oxygens (including phenoxy) is 4. The van der Waals surface area contributed by atoms with Gasteiger partial charge in [-0.15, -0.1) is 6.42 Å². The van der Waals surface area contributed by atoms with Crippen molar-refractivity contribution in [2.75, 3.05) is 59.4 Å². The van der Waals surface area contributed by atoms with E-state index >= 15 is 0 Å². The number of nitrogens with one attached hydrogen (secondary N) is 1. The molecule has 0 aromatic rings. The van der Waals surface area contributed by atoms with E-state index in [4.69, 9.17) is 30.3 Å². The summed E-state index contributed by atoms with van der Waals surface area (Å²) >= 11 is 0. The van der Waals surface area contributed by atoms with E-state index in [0.717, 1.165) is 43.9 Å². The van der Waals surface area contributed by atoms with E-state index < -0.39 is 0 Å². The Hall–Kier alpha value is -1.51. The summed E-state index contributed by atoms with van der Waals surface area (Å²) in [5.74, 6) is 5.94. The van der Waals surface area contributed by atoms with Crippen LogP contribution in [0.5, 0.6) is 0 Å². The average Bonchev–Trinajstić information content (AvgIpc) is 3.37. The van der Waals surface area contributed by atoms with Crippen LogP contribution < -0.4 is 10.6 Å². The van der Waals surface area contributed by atoms with Gasteiger partial charge in [0.1, 0.15) is 6.61 Å². The van der Waals surface area contributed by atoms with Gasteiger partial charge >= 0.3 is 0 Å². The van der Waals surface area contributed by atoms with E-state index in [0.29, 0.717) is 89.0 Å². The van der Waals surface area contributed by atoms with Crippen LogP contribution in [0, 0.1) is 52.8 Å². The SMILES string of the molecule is C#CCOCCOCCOCCOCCNC(=O)CCC(C)C1CCC2C3CC=C4CC(OO[O-])CCC4(C)C3CCC12C. The van der Waals surface area contributed by atoms with Crippen LogP contribution in [0.25, 0.3) is 0 Å². The molecule has 44 heavy (non-hydrogen) atoms. The van der Waals surface area contributed by atoms with Gasteiger partial charge in [-0.2, -0.15) is 0 Å². The lowest BCUT2D eigenvalue weighted by molar-refractivity contribution is -0.805. The molecule has 4 aliphatic carbocycles. The van der Waals surface area contributed by atoms with Crippen LogP contribution in [0.2, 0.25) is 0 Å². The molecule has 9 heteroatoms. The third-order valence-electron chi connectivity index (χ3n) is 11.7. The number of carbonyl (C=O) groups is 1. The lowest BCUT2D eigenvalue weighted by atomic mass is 9.47. The predicted octanol–water partition coefficient (Wildman–Crippen LogP) is 4.39. The standard InChI is InChI=1S/C35H57NO8/c1-5-17-39-19-21-41-23-24-42-22-20-40-18-16-36-33(37)11-6-26(2)30-9-10-31-29-8-7-27-25-28(43-44-38)12-14-34(27,3)32(29)13-15-35(30,31)4/h1,7,26,28-32,38H,6,8-25H2,2-4H3,(H,36,37)/p-1. The maximum absolute atomic E-state index is 12.6. The maximum Gasteiger partial charge on any atom is 0.220 e. The Morgan fingerprint density at radius 3 is 2.41 bits per heavy atom. The number of hydrogen-bond donors (Lipinski definition) is 1. The fraction of sp³-hybridized carbons (Fsp3) is 0.857. The molecule has 1 N–H and O–H groups in total. The Bertz CT molecular complexity index is 967. The fourth-order valence-corrected chi connectivity index (χ4v) is 9.44. The second-order valence-electron chi connectivity index (χ2n) is 14.0. The largest absolute Gasteiger partial charge is 0.692 e. The summed E-state index contributed by atoms with van der Waals surface area (Å²) in [6, 6.07) is 0. The Morgan fingerprint density at radius 1 is 1.00 bits per heavy atom. The van der Waals surface area contributed by atoms with Crippen LogP contribution in [0.1, 0.15) is 85.0 Å². The Labute approximate surface area is 264 Å². The van der Waals surface area contributed by atoms with Gasteiger partial charge in [-0.05, 0) is 98.2 Å². The normalized spacial score (nSPS) is 33.4. The molecule has 1 amide bonds. The highest BCUT2D eigenvalue weighted by Gasteiger charge is 2.59. The molecule has 0 aromatic heterocycles. The molecule has 3 saturated carbocycles. The minimum absolute atomic E-state index is 0.105. The van der Waals surface area contributed by atoms with Gasteiger partial charge < -0.3 is 29.5 Å². The summed E-state index contributed by atoms with van der Waals surface area (Å²) in [6.07, 6.45) is 18.1. The van der Waals surface area contributed by atoms with E-state index in [2.05, 4.69) is 43.1 Å². The van der Waals surface area contributed by atoms with Crippen molar-refractivity contribution in [2.45, 2.75) is 91.1 Å². The summed E-state index contributed by atoms with van der Waals surface area (Å²) in [5.41, 5.74) is 2.07. The van der Waals surface area contributed by atoms with Crippen LogP contribution in [0.15, 0.2) is 11.6 Å². The van der Waals surface area contributed by atoms with E-state index in [9.17, 15) is 10.1 Å². The van der Waals surface area contributed by atoms with Crippen LogP contribution >= 0.6 is 0 Å². The van der Waals surface area contributed by atoms with Crippen molar-refractivity contribution in [3.8, 4) is 12.3 Å². The van der Waals surface area contributed by atoms with Crippen molar-refractivity contribution in [2.24, 2.45) is 40.4 Å². The number of carbonyl (C=O) groups excluding carboxylic acids is 1. The zero-order valence-corrected chi connectivity index (χ0v) is 27.3. The highest BCUT2D eigenvalue weighted by Crippen LogP contribution is 2.67. The average molecular weight is 619 g/mol. The van der Waals surface area contributed by atoms with Crippen molar-refractivity contribution in [3.63, 3.8) is 0 Å². The third-order valence-corrected chi connectivity index (χ3v) is 11.7. The predicted molar refractivity (Wildman–Crippen MR) is 165 cm³/mol. The molecule has 8 atom stereocenters. The molecule has 0 spiro atoms. The third kappa shape index (κ3) is 8.85. The first-order valence-corrected chi connectivity index (χ1v) is 17.0. The van der Waals surface area contributed by atoms with E-state index in [1.807, 2.05) is 0 Å². The molecule has 0 saturated heterocycles. The number of allylic oxidation sites excluding steroid dienone is 1. The molecular weight excluding hydrogens is 562 g/mol. The molecule has 9 nitrogen and oxygen atoms in total. The smallest absolute Gasteiger partial charge is 0.220 e. The Morgan fingerprint density at radius 2 is 1.70 bits per heavy atom. The highest BCUT2D eigenvalue weighted by atomic mass is 17.5. The first kappa shape index (κ1) is 35.3. The number of fused-ring (bicyclic) bond motifs is 5. The van der Waals surface area contributed by atoms with Crippen molar-refractivity contribution < 1.29 is 38.9 Å². The second-order valence-corrected chi connectivity index (χ2v) is 14.0. The highest BCUT2D eigenvalue weighted by molar-refractivity contribution is 5.75. The summed E-state index contributed by atoms with van der Waals surface area (Å²) in [7, 11) is 0. The first-order valence-electron chi connectivity index (χ1n) is 17.0. The molecular formula is C35H56NO8-. The number of terminal acetylenes is 1. The summed E-state index contributed by atoms with van der Waals surface area (Å²) < 4.78 is 21.6.